The minimum Gasteiger partial charge on any atom is -0.507 e. The summed E-state index contributed by atoms with van der Waals surface area (Å²) in [7, 11) is -4.00. The van der Waals surface area contributed by atoms with E-state index in [4.69, 9.17) is 0 Å². The first kappa shape index (κ1) is 17.2. The summed E-state index contributed by atoms with van der Waals surface area (Å²) in [6, 6.07) is 6.24. The lowest BCUT2D eigenvalue weighted by molar-refractivity contribution is -0.385. The number of phenolic OH excluding ortho intramolecular Hbond substituents is 1. The molecule has 0 unspecified atom stereocenters. The number of nitro benzene ring substituents is 1. The van der Waals surface area contributed by atoms with Crippen LogP contribution in [-0.4, -0.2) is 18.4 Å². The van der Waals surface area contributed by atoms with Crippen LogP contribution in [0.2, 0.25) is 0 Å². The monoisotopic (exact) mass is 400 g/mol. The van der Waals surface area contributed by atoms with Crippen LogP contribution < -0.4 is 4.72 Å². The van der Waals surface area contributed by atoms with Crippen molar-refractivity contribution in [2.75, 3.05) is 4.72 Å². The summed E-state index contributed by atoms with van der Waals surface area (Å²) in [5.74, 6) is 0.0650. The molecule has 0 bridgehead atoms. The normalized spacial score (nSPS) is 11.3. The number of aromatic hydroxyl groups is 1. The van der Waals surface area contributed by atoms with E-state index in [1.54, 1.807) is 13.8 Å². The maximum atomic E-state index is 12.4. The van der Waals surface area contributed by atoms with Gasteiger partial charge in [0.15, 0.2) is 0 Å². The quantitative estimate of drug-likeness (QED) is 0.463. The van der Waals surface area contributed by atoms with Crippen LogP contribution in [0.15, 0.2) is 39.7 Å². The Balaban J connectivity index is 2.47. The second kappa shape index (κ2) is 6.17. The molecule has 0 spiro atoms. The molecule has 0 atom stereocenters. The Bertz CT molecular complexity index is 896. The van der Waals surface area contributed by atoms with Gasteiger partial charge in [-0.15, -0.1) is 0 Å². The van der Waals surface area contributed by atoms with E-state index in [-0.39, 0.29) is 22.0 Å². The van der Waals surface area contributed by atoms with E-state index in [0.29, 0.717) is 15.6 Å². The molecular formula is C14H13BrN2O5S. The number of aryl methyl sites for hydroxylation is 1. The van der Waals surface area contributed by atoms with Gasteiger partial charge in [0, 0.05) is 22.2 Å². The van der Waals surface area contributed by atoms with Crippen molar-refractivity contribution in [1.29, 1.82) is 0 Å². The lowest BCUT2D eigenvalue weighted by Crippen LogP contribution is -2.14. The molecular weight excluding hydrogens is 388 g/mol. The van der Waals surface area contributed by atoms with Gasteiger partial charge in [-0.05, 0) is 47.5 Å². The highest BCUT2D eigenvalue weighted by Crippen LogP contribution is 2.36. The average molecular weight is 401 g/mol. The minimum atomic E-state index is -4.00. The number of anilines is 1. The molecule has 0 heterocycles. The molecule has 23 heavy (non-hydrogen) atoms. The van der Waals surface area contributed by atoms with E-state index < -0.39 is 14.9 Å². The Morgan fingerprint density at radius 3 is 2.52 bits per heavy atom. The maximum absolute atomic E-state index is 12.4. The number of phenols is 1. The molecule has 0 fully saturated rings. The van der Waals surface area contributed by atoms with Gasteiger partial charge in [0.25, 0.3) is 15.7 Å². The summed E-state index contributed by atoms with van der Waals surface area (Å²) in [5.41, 5.74) is 0.915. The predicted molar refractivity (Wildman–Crippen MR) is 89.2 cm³/mol. The van der Waals surface area contributed by atoms with Crippen LogP contribution in [0.5, 0.6) is 5.75 Å². The topological polar surface area (TPSA) is 110 Å². The SMILES string of the molecule is Cc1cc(NS(=O)(=O)c2cccc([N+](=O)[O-])c2)c(Br)c(C)c1O. The highest BCUT2D eigenvalue weighted by atomic mass is 79.9. The standard InChI is InChI=1S/C14H13BrN2O5S/c1-8-6-12(13(15)9(2)14(8)18)16-23(21,22)11-5-3-4-10(7-11)17(19)20/h3-7,16,18H,1-2H3. The van der Waals surface area contributed by atoms with Crippen LogP contribution in [0.4, 0.5) is 11.4 Å². The summed E-state index contributed by atoms with van der Waals surface area (Å²) in [4.78, 5) is 9.89. The van der Waals surface area contributed by atoms with Gasteiger partial charge >= 0.3 is 0 Å². The second-order valence-corrected chi connectivity index (χ2v) is 7.36. The van der Waals surface area contributed by atoms with Crippen LogP contribution in [0.25, 0.3) is 0 Å². The first-order valence-electron chi connectivity index (χ1n) is 6.39. The van der Waals surface area contributed by atoms with E-state index in [0.717, 1.165) is 6.07 Å². The third-order valence-electron chi connectivity index (χ3n) is 3.24. The van der Waals surface area contributed by atoms with Crippen molar-refractivity contribution in [1.82, 2.24) is 0 Å². The van der Waals surface area contributed by atoms with Crippen LogP contribution in [-0.2, 0) is 10.0 Å². The van der Waals surface area contributed by atoms with Gasteiger partial charge in [0.2, 0.25) is 0 Å². The predicted octanol–water partition coefficient (Wildman–Crippen LogP) is 3.48. The molecule has 122 valence electrons. The third kappa shape index (κ3) is 3.45. The van der Waals surface area contributed by atoms with Gasteiger partial charge in [-0.25, -0.2) is 8.42 Å². The van der Waals surface area contributed by atoms with Crippen molar-refractivity contribution < 1.29 is 18.4 Å². The van der Waals surface area contributed by atoms with Gasteiger partial charge in [0.05, 0.1) is 15.5 Å². The maximum Gasteiger partial charge on any atom is 0.270 e. The summed E-state index contributed by atoms with van der Waals surface area (Å²) >= 11 is 3.23. The number of halogens is 1. The van der Waals surface area contributed by atoms with Gasteiger partial charge in [-0.1, -0.05) is 6.07 Å². The molecule has 0 aliphatic heterocycles. The Kier molecular flexibility index (Phi) is 4.62. The van der Waals surface area contributed by atoms with Crippen LogP contribution >= 0.6 is 15.9 Å². The van der Waals surface area contributed by atoms with Crippen molar-refractivity contribution in [3.8, 4) is 5.75 Å². The molecule has 0 saturated carbocycles. The molecule has 2 aromatic rings. The van der Waals surface area contributed by atoms with Crippen molar-refractivity contribution in [2.45, 2.75) is 18.7 Å². The smallest absolute Gasteiger partial charge is 0.270 e. The van der Waals surface area contributed by atoms with Crippen molar-refractivity contribution in [3.05, 3.63) is 56.0 Å². The number of nitrogens with one attached hydrogen (secondary N) is 1. The number of sulfonamides is 1. The third-order valence-corrected chi connectivity index (χ3v) is 5.62. The Hall–Kier alpha value is -2.13. The second-order valence-electron chi connectivity index (χ2n) is 4.89. The van der Waals surface area contributed by atoms with E-state index >= 15 is 0 Å². The number of nitro groups is 1. The zero-order valence-corrected chi connectivity index (χ0v) is 14.6. The lowest BCUT2D eigenvalue weighted by atomic mass is 10.1. The molecule has 2 aromatic carbocycles. The van der Waals surface area contributed by atoms with E-state index in [2.05, 4.69) is 20.7 Å². The number of hydrogen-bond donors (Lipinski definition) is 2. The minimum absolute atomic E-state index is 0.0650. The summed E-state index contributed by atoms with van der Waals surface area (Å²) in [6.45, 7) is 3.28. The average Bonchev–Trinajstić information content (AvgIpc) is 2.50. The van der Waals surface area contributed by atoms with Crippen LogP contribution in [0, 0.1) is 24.0 Å². The van der Waals surface area contributed by atoms with Crippen molar-refractivity contribution >= 4 is 37.3 Å². The molecule has 9 heteroatoms. The Morgan fingerprint density at radius 1 is 1.26 bits per heavy atom. The van der Waals surface area contributed by atoms with E-state index in [1.165, 1.54) is 24.3 Å². The number of benzene rings is 2. The van der Waals surface area contributed by atoms with Crippen LogP contribution in [0.1, 0.15) is 11.1 Å². The zero-order valence-electron chi connectivity index (χ0n) is 12.2. The number of hydrogen-bond acceptors (Lipinski definition) is 5. The van der Waals surface area contributed by atoms with Crippen molar-refractivity contribution in [2.24, 2.45) is 0 Å². The van der Waals surface area contributed by atoms with Crippen molar-refractivity contribution in [3.63, 3.8) is 0 Å². The fourth-order valence-electron chi connectivity index (χ4n) is 1.99. The van der Waals surface area contributed by atoms with Crippen LogP contribution in [0.3, 0.4) is 0 Å². The molecule has 2 N–H and O–H groups in total. The Morgan fingerprint density at radius 2 is 1.91 bits per heavy atom. The lowest BCUT2D eigenvalue weighted by Gasteiger charge is -2.14. The fraction of sp³-hybridized carbons (Fsp3) is 0.143. The summed E-state index contributed by atoms with van der Waals surface area (Å²) < 4.78 is 27.6. The first-order valence-corrected chi connectivity index (χ1v) is 8.67. The molecule has 2 rings (SSSR count). The largest absolute Gasteiger partial charge is 0.507 e. The molecule has 0 radical (unpaired) electrons. The molecule has 7 nitrogen and oxygen atoms in total. The van der Waals surface area contributed by atoms with E-state index in [9.17, 15) is 23.6 Å². The van der Waals surface area contributed by atoms with E-state index in [1.807, 2.05) is 0 Å². The number of rotatable bonds is 4. The fourth-order valence-corrected chi connectivity index (χ4v) is 3.63. The molecule has 0 saturated heterocycles. The van der Waals surface area contributed by atoms with Gasteiger partial charge < -0.3 is 5.11 Å². The van der Waals surface area contributed by atoms with Gasteiger partial charge in [0.1, 0.15) is 5.75 Å². The highest BCUT2D eigenvalue weighted by Gasteiger charge is 2.20. The number of nitrogens with zero attached hydrogens (tertiary/aromatic N) is 1. The summed E-state index contributed by atoms with van der Waals surface area (Å²) in [6.07, 6.45) is 0. The number of non-ortho nitro benzene ring substituents is 1. The van der Waals surface area contributed by atoms with Gasteiger partial charge in [-0.3, -0.25) is 14.8 Å². The van der Waals surface area contributed by atoms with Gasteiger partial charge in [-0.2, -0.15) is 0 Å². The highest BCUT2D eigenvalue weighted by molar-refractivity contribution is 9.10. The first-order chi connectivity index (χ1) is 10.6. The zero-order chi connectivity index (χ0) is 17.4. The Labute approximate surface area is 141 Å². The molecule has 0 aliphatic carbocycles. The molecule has 0 amide bonds. The summed E-state index contributed by atoms with van der Waals surface area (Å²) in [5, 5.41) is 20.6. The molecule has 0 aliphatic rings. The molecule has 0 aromatic heterocycles.